The number of fused-ring (bicyclic) bond motifs is 2. The van der Waals surface area contributed by atoms with Crippen molar-refractivity contribution in [3.63, 3.8) is 0 Å². The van der Waals surface area contributed by atoms with Crippen molar-refractivity contribution in [3.05, 3.63) is 0 Å². The van der Waals surface area contributed by atoms with Crippen LogP contribution in [0, 0.1) is 22.7 Å². The van der Waals surface area contributed by atoms with Crippen molar-refractivity contribution >= 4 is 0 Å². The predicted octanol–water partition coefficient (Wildman–Crippen LogP) is 2.44. The Morgan fingerprint density at radius 1 is 1.00 bits per heavy atom. The SMILES string of the molecule is CC1(C)C2CC(O)C(C2)C1(C)C. The lowest BCUT2D eigenvalue weighted by atomic mass is 9.59. The zero-order chi connectivity index (χ0) is 9.15. The monoisotopic (exact) mass is 168 g/mol. The smallest absolute Gasteiger partial charge is 0.0576 e. The van der Waals surface area contributed by atoms with Gasteiger partial charge in [0.15, 0.2) is 0 Å². The van der Waals surface area contributed by atoms with Crippen molar-refractivity contribution in [2.24, 2.45) is 22.7 Å². The second-order valence-electron chi connectivity index (χ2n) is 5.79. The molecule has 2 aliphatic carbocycles. The molecule has 70 valence electrons. The van der Waals surface area contributed by atoms with Crippen molar-refractivity contribution in [2.75, 3.05) is 0 Å². The van der Waals surface area contributed by atoms with Crippen LogP contribution in [0.25, 0.3) is 0 Å². The van der Waals surface area contributed by atoms with Crippen molar-refractivity contribution < 1.29 is 5.11 Å². The molecule has 2 bridgehead atoms. The molecule has 0 aliphatic heterocycles. The molecule has 0 amide bonds. The first-order chi connectivity index (χ1) is 5.37. The Balaban J connectivity index is 2.36. The van der Waals surface area contributed by atoms with Gasteiger partial charge in [-0.2, -0.15) is 0 Å². The third-order valence-corrected chi connectivity index (χ3v) is 5.14. The average molecular weight is 168 g/mol. The maximum atomic E-state index is 9.79. The van der Waals surface area contributed by atoms with E-state index in [-0.39, 0.29) is 6.10 Å². The molecule has 12 heavy (non-hydrogen) atoms. The molecule has 0 aromatic heterocycles. The van der Waals surface area contributed by atoms with Gasteiger partial charge in [-0.1, -0.05) is 27.7 Å². The zero-order valence-corrected chi connectivity index (χ0v) is 8.59. The van der Waals surface area contributed by atoms with Gasteiger partial charge in [0.2, 0.25) is 0 Å². The van der Waals surface area contributed by atoms with Crippen LogP contribution in [-0.4, -0.2) is 11.2 Å². The highest BCUT2D eigenvalue weighted by Crippen LogP contribution is 2.65. The second kappa shape index (κ2) is 2.06. The Kier molecular flexibility index (Phi) is 1.47. The Labute approximate surface area is 75.2 Å². The molecule has 2 fully saturated rings. The lowest BCUT2D eigenvalue weighted by Crippen LogP contribution is -2.43. The molecule has 0 aromatic carbocycles. The van der Waals surface area contributed by atoms with Crippen molar-refractivity contribution in [3.8, 4) is 0 Å². The zero-order valence-electron chi connectivity index (χ0n) is 8.59. The Bertz CT molecular complexity index is 205. The average Bonchev–Trinajstić information content (AvgIpc) is 2.35. The highest BCUT2D eigenvalue weighted by Gasteiger charge is 2.60. The molecule has 2 aliphatic rings. The van der Waals surface area contributed by atoms with E-state index < -0.39 is 0 Å². The number of hydrogen-bond acceptors (Lipinski definition) is 1. The van der Waals surface area contributed by atoms with Gasteiger partial charge in [-0.05, 0) is 35.5 Å². The number of rotatable bonds is 0. The second-order valence-corrected chi connectivity index (χ2v) is 5.79. The van der Waals surface area contributed by atoms with Crippen LogP contribution in [0.5, 0.6) is 0 Å². The molecule has 1 N–H and O–H groups in total. The molecular formula is C11H20O. The summed E-state index contributed by atoms with van der Waals surface area (Å²) in [4.78, 5) is 0. The predicted molar refractivity (Wildman–Crippen MR) is 49.8 cm³/mol. The van der Waals surface area contributed by atoms with E-state index in [1.165, 1.54) is 6.42 Å². The maximum Gasteiger partial charge on any atom is 0.0576 e. The molecule has 0 saturated heterocycles. The third-order valence-electron chi connectivity index (χ3n) is 5.14. The third kappa shape index (κ3) is 0.736. The normalized spacial score (nSPS) is 48.2. The van der Waals surface area contributed by atoms with E-state index in [4.69, 9.17) is 0 Å². The van der Waals surface area contributed by atoms with Crippen LogP contribution in [0.2, 0.25) is 0 Å². The fourth-order valence-electron chi connectivity index (χ4n) is 3.38. The van der Waals surface area contributed by atoms with Gasteiger partial charge in [0.05, 0.1) is 6.10 Å². The summed E-state index contributed by atoms with van der Waals surface area (Å²) in [6.07, 6.45) is 2.28. The van der Waals surface area contributed by atoms with Gasteiger partial charge in [0, 0.05) is 0 Å². The Morgan fingerprint density at radius 2 is 1.58 bits per heavy atom. The first-order valence-corrected chi connectivity index (χ1v) is 5.05. The van der Waals surface area contributed by atoms with Crippen molar-refractivity contribution in [2.45, 2.75) is 46.6 Å². The highest BCUT2D eigenvalue weighted by atomic mass is 16.3. The molecule has 1 heteroatoms. The molecule has 0 spiro atoms. The van der Waals surface area contributed by atoms with Gasteiger partial charge in [-0.3, -0.25) is 0 Å². The molecule has 3 unspecified atom stereocenters. The molecule has 0 aromatic rings. The van der Waals surface area contributed by atoms with Crippen LogP contribution in [0.3, 0.4) is 0 Å². The van der Waals surface area contributed by atoms with Crippen molar-refractivity contribution in [1.29, 1.82) is 0 Å². The fraction of sp³-hybridized carbons (Fsp3) is 1.00. The number of aliphatic hydroxyl groups is 1. The Morgan fingerprint density at radius 3 is 1.92 bits per heavy atom. The van der Waals surface area contributed by atoms with Crippen LogP contribution >= 0.6 is 0 Å². The van der Waals surface area contributed by atoms with Crippen LogP contribution in [0.4, 0.5) is 0 Å². The molecule has 0 heterocycles. The summed E-state index contributed by atoms with van der Waals surface area (Å²) in [7, 11) is 0. The summed E-state index contributed by atoms with van der Waals surface area (Å²) >= 11 is 0. The lowest BCUT2D eigenvalue weighted by Gasteiger charge is -2.47. The molecule has 1 nitrogen and oxygen atoms in total. The quantitative estimate of drug-likeness (QED) is 0.589. The van der Waals surface area contributed by atoms with Crippen LogP contribution in [0.15, 0.2) is 0 Å². The summed E-state index contributed by atoms with van der Waals surface area (Å²) in [6, 6.07) is 0. The van der Waals surface area contributed by atoms with E-state index >= 15 is 0 Å². The Hall–Kier alpha value is -0.0400. The first-order valence-electron chi connectivity index (χ1n) is 5.05. The summed E-state index contributed by atoms with van der Waals surface area (Å²) in [5.41, 5.74) is 0.756. The maximum absolute atomic E-state index is 9.79. The van der Waals surface area contributed by atoms with E-state index in [0.29, 0.717) is 16.7 Å². The summed E-state index contributed by atoms with van der Waals surface area (Å²) in [6.45, 7) is 9.37. The van der Waals surface area contributed by atoms with E-state index in [0.717, 1.165) is 12.3 Å². The first kappa shape index (κ1) is 8.55. The number of aliphatic hydroxyl groups excluding tert-OH is 1. The topological polar surface area (TPSA) is 20.2 Å². The van der Waals surface area contributed by atoms with Gasteiger partial charge < -0.3 is 5.11 Å². The van der Waals surface area contributed by atoms with Gasteiger partial charge in [-0.25, -0.2) is 0 Å². The molecule has 2 saturated carbocycles. The minimum absolute atomic E-state index is 0.0157. The molecule has 0 radical (unpaired) electrons. The minimum Gasteiger partial charge on any atom is -0.393 e. The summed E-state index contributed by atoms with van der Waals surface area (Å²) < 4.78 is 0. The van der Waals surface area contributed by atoms with E-state index in [1.807, 2.05) is 0 Å². The molecule has 3 atom stereocenters. The van der Waals surface area contributed by atoms with E-state index in [1.54, 1.807) is 0 Å². The minimum atomic E-state index is -0.0157. The summed E-state index contributed by atoms with van der Waals surface area (Å²) in [5.74, 6) is 1.31. The van der Waals surface area contributed by atoms with Gasteiger partial charge in [0.25, 0.3) is 0 Å². The van der Waals surface area contributed by atoms with E-state index in [9.17, 15) is 5.11 Å². The van der Waals surface area contributed by atoms with Crippen LogP contribution in [-0.2, 0) is 0 Å². The highest BCUT2D eigenvalue weighted by molar-refractivity contribution is 5.10. The van der Waals surface area contributed by atoms with Crippen LogP contribution < -0.4 is 0 Å². The van der Waals surface area contributed by atoms with Crippen molar-refractivity contribution in [1.82, 2.24) is 0 Å². The van der Waals surface area contributed by atoms with Gasteiger partial charge >= 0.3 is 0 Å². The fourth-order valence-corrected chi connectivity index (χ4v) is 3.38. The standard InChI is InChI=1S/C11H20O/c1-10(2)7-5-8(9(12)6-7)11(10,3)4/h7-9,12H,5-6H2,1-4H3. The summed E-state index contributed by atoms with van der Waals surface area (Å²) in [5, 5.41) is 9.79. The van der Waals surface area contributed by atoms with Gasteiger partial charge in [0.1, 0.15) is 0 Å². The molecular weight excluding hydrogens is 148 g/mol. The molecule has 2 rings (SSSR count). The number of hydrogen-bond donors (Lipinski definition) is 1. The van der Waals surface area contributed by atoms with E-state index in [2.05, 4.69) is 27.7 Å². The van der Waals surface area contributed by atoms with Gasteiger partial charge in [-0.15, -0.1) is 0 Å². The lowest BCUT2D eigenvalue weighted by molar-refractivity contribution is -0.0385. The largest absolute Gasteiger partial charge is 0.393 e. The van der Waals surface area contributed by atoms with Crippen LogP contribution in [0.1, 0.15) is 40.5 Å².